The van der Waals surface area contributed by atoms with Crippen molar-refractivity contribution in [1.82, 2.24) is 9.88 Å². The molecule has 1 saturated heterocycles. The largest absolute Gasteiger partial charge is 0.370 e. The van der Waals surface area contributed by atoms with Gasteiger partial charge in [-0.3, -0.25) is 0 Å². The van der Waals surface area contributed by atoms with Crippen LogP contribution in [0.4, 0.5) is 11.6 Å². The smallest absolute Gasteiger partial charge is 0.131 e. The van der Waals surface area contributed by atoms with E-state index in [4.69, 9.17) is 0 Å². The fourth-order valence-corrected chi connectivity index (χ4v) is 1.99. The van der Waals surface area contributed by atoms with Crippen LogP contribution >= 0.6 is 0 Å². The maximum Gasteiger partial charge on any atom is 0.131 e. The van der Waals surface area contributed by atoms with E-state index in [1.165, 1.54) is 0 Å². The molecule has 94 valence electrons. The highest BCUT2D eigenvalue weighted by atomic mass is 15.3. The number of piperazine rings is 1. The molecule has 0 amide bonds. The Kier molecular flexibility index (Phi) is 4.20. The summed E-state index contributed by atoms with van der Waals surface area (Å²) in [5, 5.41) is 3.33. The van der Waals surface area contributed by atoms with E-state index in [1.807, 2.05) is 6.07 Å². The van der Waals surface area contributed by atoms with Gasteiger partial charge < -0.3 is 15.1 Å². The average molecular weight is 234 g/mol. The lowest BCUT2D eigenvalue weighted by Crippen LogP contribution is -2.44. The minimum Gasteiger partial charge on any atom is -0.370 e. The second-order valence-corrected chi connectivity index (χ2v) is 4.60. The lowest BCUT2D eigenvalue weighted by Gasteiger charge is -2.33. The zero-order valence-electron chi connectivity index (χ0n) is 10.8. The Morgan fingerprint density at radius 2 is 2.00 bits per heavy atom. The molecule has 1 N–H and O–H groups in total. The number of nitrogens with one attached hydrogen (secondary N) is 1. The van der Waals surface area contributed by atoms with Gasteiger partial charge in [-0.2, -0.15) is 0 Å². The van der Waals surface area contributed by atoms with Crippen LogP contribution < -0.4 is 10.2 Å². The van der Waals surface area contributed by atoms with Gasteiger partial charge in [-0.15, -0.1) is 0 Å². The van der Waals surface area contributed by atoms with Crippen LogP contribution in [-0.2, 0) is 0 Å². The molecule has 2 rings (SSSR count). The molecule has 0 radical (unpaired) electrons. The summed E-state index contributed by atoms with van der Waals surface area (Å²) in [6.07, 6.45) is 1.13. The molecule has 0 saturated carbocycles. The Balaban J connectivity index is 2.00. The van der Waals surface area contributed by atoms with Gasteiger partial charge in [0, 0.05) is 32.7 Å². The number of pyridine rings is 1. The van der Waals surface area contributed by atoms with E-state index < -0.39 is 0 Å². The van der Waals surface area contributed by atoms with Crippen LogP contribution in [-0.4, -0.2) is 49.7 Å². The monoisotopic (exact) mass is 234 g/mol. The number of likely N-dealkylation sites (N-methyl/N-ethyl adjacent to an activating group) is 1. The van der Waals surface area contributed by atoms with Crippen molar-refractivity contribution in [2.75, 3.05) is 50.0 Å². The Bertz CT molecular complexity index is 345. The third-order valence-corrected chi connectivity index (χ3v) is 3.12. The van der Waals surface area contributed by atoms with Gasteiger partial charge >= 0.3 is 0 Å². The zero-order valence-corrected chi connectivity index (χ0v) is 10.8. The number of anilines is 2. The third-order valence-electron chi connectivity index (χ3n) is 3.12. The Morgan fingerprint density at radius 1 is 1.24 bits per heavy atom. The molecule has 4 nitrogen and oxygen atoms in total. The van der Waals surface area contributed by atoms with E-state index in [0.29, 0.717) is 0 Å². The maximum atomic E-state index is 4.66. The standard InChI is InChI=1S/C13H22N4/c1-3-7-14-12-5-4-6-13(15-12)17-10-8-16(2)9-11-17/h4-6H,3,7-11H2,1-2H3,(H,14,15). The highest BCUT2D eigenvalue weighted by Crippen LogP contribution is 2.15. The highest BCUT2D eigenvalue weighted by molar-refractivity contribution is 5.47. The summed E-state index contributed by atoms with van der Waals surface area (Å²) in [5.74, 6) is 2.09. The quantitative estimate of drug-likeness (QED) is 0.858. The van der Waals surface area contributed by atoms with Gasteiger partial charge in [0.05, 0.1) is 0 Å². The van der Waals surface area contributed by atoms with Crippen LogP contribution in [0.2, 0.25) is 0 Å². The molecule has 1 aliphatic heterocycles. The number of nitrogens with zero attached hydrogens (tertiary/aromatic N) is 3. The molecule has 1 aromatic heterocycles. The van der Waals surface area contributed by atoms with Crippen molar-refractivity contribution in [3.63, 3.8) is 0 Å². The highest BCUT2D eigenvalue weighted by Gasteiger charge is 2.15. The number of hydrogen-bond donors (Lipinski definition) is 1. The van der Waals surface area contributed by atoms with Crippen LogP contribution in [0.25, 0.3) is 0 Å². The van der Waals surface area contributed by atoms with Crippen molar-refractivity contribution in [1.29, 1.82) is 0 Å². The Morgan fingerprint density at radius 3 is 2.71 bits per heavy atom. The maximum absolute atomic E-state index is 4.66. The lowest BCUT2D eigenvalue weighted by molar-refractivity contribution is 0.312. The lowest BCUT2D eigenvalue weighted by atomic mass is 10.3. The molecule has 2 heterocycles. The predicted octanol–water partition coefficient (Wildman–Crippen LogP) is 1.66. The molecule has 0 aliphatic carbocycles. The SMILES string of the molecule is CCCNc1cccc(N2CCN(C)CC2)n1. The van der Waals surface area contributed by atoms with E-state index >= 15 is 0 Å². The van der Waals surface area contributed by atoms with E-state index in [2.05, 4.69) is 46.2 Å². The van der Waals surface area contributed by atoms with Gasteiger partial charge in [0.25, 0.3) is 0 Å². The molecule has 0 aromatic carbocycles. The molecule has 0 spiro atoms. The molecule has 4 heteroatoms. The van der Waals surface area contributed by atoms with E-state index in [1.54, 1.807) is 0 Å². The van der Waals surface area contributed by atoms with Crippen LogP contribution in [0.1, 0.15) is 13.3 Å². The first-order valence-electron chi connectivity index (χ1n) is 6.44. The predicted molar refractivity (Wildman–Crippen MR) is 72.7 cm³/mol. The summed E-state index contributed by atoms with van der Waals surface area (Å²) in [4.78, 5) is 9.37. The van der Waals surface area contributed by atoms with Crippen molar-refractivity contribution in [3.8, 4) is 0 Å². The first-order valence-corrected chi connectivity index (χ1v) is 6.44. The molecular formula is C13H22N4. The van der Waals surface area contributed by atoms with Crippen molar-refractivity contribution in [3.05, 3.63) is 18.2 Å². The molecule has 0 bridgehead atoms. The summed E-state index contributed by atoms with van der Waals surface area (Å²) in [7, 11) is 2.17. The Labute approximate surface area is 104 Å². The topological polar surface area (TPSA) is 31.4 Å². The van der Waals surface area contributed by atoms with Crippen molar-refractivity contribution in [2.45, 2.75) is 13.3 Å². The average Bonchev–Trinajstić information content (AvgIpc) is 2.37. The molecule has 1 fully saturated rings. The normalized spacial score (nSPS) is 17.2. The van der Waals surface area contributed by atoms with Crippen molar-refractivity contribution >= 4 is 11.6 Å². The summed E-state index contributed by atoms with van der Waals surface area (Å²) in [5.41, 5.74) is 0. The minimum atomic E-state index is 0.985. The minimum absolute atomic E-state index is 0.985. The molecular weight excluding hydrogens is 212 g/mol. The summed E-state index contributed by atoms with van der Waals surface area (Å²) in [6, 6.07) is 6.22. The van der Waals surface area contributed by atoms with E-state index in [-0.39, 0.29) is 0 Å². The van der Waals surface area contributed by atoms with Crippen molar-refractivity contribution in [2.24, 2.45) is 0 Å². The van der Waals surface area contributed by atoms with E-state index in [0.717, 1.165) is 50.8 Å². The molecule has 17 heavy (non-hydrogen) atoms. The molecule has 1 aliphatic rings. The molecule has 1 aromatic rings. The fourth-order valence-electron chi connectivity index (χ4n) is 1.99. The second kappa shape index (κ2) is 5.87. The van der Waals surface area contributed by atoms with Gasteiger partial charge in [0.15, 0.2) is 0 Å². The van der Waals surface area contributed by atoms with Crippen LogP contribution in [0.5, 0.6) is 0 Å². The summed E-state index contributed by atoms with van der Waals surface area (Å²) >= 11 is 0. The number of aromatic nitrogens is 1. The number of rotatable bonds is 4. The van der Waals surface area contributed by atoms with Gasteiger partial charge in [-0.25, -0.2) is 4.98 Å². The second-order valence-electron chi connectivity index (χ2n) is 4.60. The zero-order chi connectivity index (χ0) is 12.1. The first kappa shape index (κ1) is 12.2. The third kappa shape index (κ3) is 3.33. The molecule has 0 atom stereocenters. The fraction of sp³-hybridized carbons (Fsp3) is 0.615. The summed E-state index contributed by atoms with van der Waals surface area (Å²) in [6.45, 7) is 7.53. The molecule has 0 unspecified atom stereocenters. The van der Waals surface area contributed by atoms with Crippen molar-refractivity contribution < 1.29 is 0 Å². The summed E-state index contributed by atoms with van der Waals surface area (Å²) < 4.78 is 0. The van der Waals surface area contributed by atoms with Gasteiger partial charge in [0.1, 0.15) is 11.6 Å². The van der Waals surface area contributed by atoms with Gasteiger partial charge in [0.2, 0.25) is 0 Å². The first-order chi connectivity index (χ1) is 8.29. The van der Waals surface area contributed by atoms with Crippen LogP contribution in [0.15, 0.2) is 18.2 Å². The van der Waals surface area contributed by atoms with E-state index in [9.17, 15) is 0 Å². The van der Waals surface area contributed by atoms with Gasteiger partial charge in [-0.05, 0) is 25.6 Å². The van der Waals surface area contributed by atoms with Crippen LogP contribution in [0, 0.1) is 0 Å². The van der Waals surface area contributed by atoms with Crippen LogP contribution in [0.3, 0.4) is 0 Å². The Hall–Kier alpha value is -1.29. The number of hydrogen-bond acceptors (Lipinski definition) is 4. The van der Waals surface area contributed by atoms with Gasteiger partial charge in [-0.1, -0.05) is 13.0 Å².